The zero-order chi connectivity index (χ0) is 28.5. The van der Waals surface area contributed by atoms with Crippen molar-refractivity contribution in [2.45, 2.75) is 38.7 Å². The van der Waals surface area contributed by atoms with E-state index in [1.54, 1.807) is 21.3 Å². The Hall–Kier alpha value is -3.36. The van der Waals surface area contributed by atoms with Gasteiger partial charge < -0.3 is 32.7 Å². The Bertz CT molecular complexity index is 976. The maximum atomic E-state index is 6.37. The fourth-order valence-corrected chi connectivity index (χ4v) is 3.71. The van der Waals surface area contributed by atoms with Crippen LogP contribution < -0.4 is 23.5 Å². The molecule has 3 rings (SSSR count). The molecule has 0 bridgehead atoms. The molecule has 0 saturated carbocycles. The van der Waals surface area contributed by atoms with Crippen LogP contribution in [0.3, 0.4) is 0 Å². The van der Waals surface area contributed by atoms with Gasteiger partial charge in [-0.1, -0.05) is 26.2 Å². The maximum Gasteiger partial charge on any atom is 0.788 e. The minimum atomic E-state index is -0.875. The highest BCUT2D eigenvalue weighted by molar-refractivity contribution is 6.38. The molecule has 8 heteroatoms. The SMILES string of the molecule is CCCCCC(C[N+](C)(C)C)OB(Oc1ccc(OC)cc1)Oc1ccc(OC)cc1.COc1cc[c-]cc1. The van der Waals surface area contributed by atoms with Crippen molar-refractivity contribution < 1.29 is 32.7 Å². The van der Waals surface area contributed by atoms with E-state index >= 15 is 0 Å². The molecule has 3 aromatic carbocycles. The Kier molecular flexibility index (Phi) is 14.1. The summed E-state index contributed by atoms with van der Waals surface area (Å²) in [6.45, 7) is 3.07. The van der Waals surface area contributed by atoms with Crippen molar-refractivity contribution in [1.29, 1.82) is 0 Å². The molecule has 212 valence electrons. The zero-order valence-corrected chi connectivity index (χ0v) is 24.5. The second kappa shape index (κ2) is 17.3. The third kappa shape index (κ3) is 13.3. The van der Waals surface area contributed by atoms with E-state index in [2.05, 4.69) is 34.1 Å². The first-order valence-electron chi connectivity index (χ1n) is 13.3. The van der Waals surface area contributed by atoms with Crippen molar-refractivity contribution >= 4 is 7.32 Å². The van der Waals surface area contributed by atoms with Gasteiger partial charge in [-0.05, 0) is 55.0 Å². The van der Waals surface area contributed by atoms with Crippen molar-refractivity contribution in [1.82, 2.24) is 0 Å². The van der Waals surface area contributed by atoms with Gasteiger partial charge in [0, 0.05) is 5.75 Å². The lowest BCUT2D eigenvalue weighted by molar-refractivity contribution is -0.873. The summed E-state index contributed by atoms with van der Waals surface area (Å²) in [6, 6.07) is 25.0. The average Bonchev–Trinajstić information content (AvgIpc) is 2.94. The predicted molar refractivity (Wildman–Crippen MR) is 157 cm³/mol. The quantitative estimate of drug-likeness (QED) is 0.0980. The van der Waals surface area contributed by atoms with Crippen LogP contribution in [0.5, 0.6) is 28.7 Å². The van der Waals surface area contributed by atoms with E-state index in [1.807, 2.05) is 72.8 Å². The minimum Gasteiger partial charge on any atom is -0.522 e. The van der Waals surface area contributed by atoms with Gasteiger partial charge in [0.2, 0.25) is 0 Å². The summed E-state index contributed by atoms with van der Waals surface area (Å²) >= 11 is 0. The third-order valence-corrected chi connectivity index (χ3v) is 5.69. The fourth-order valence-electron chi connectivity index (χ4n) is 3.71. The average molecular weight is 538 g/mol. The Balaban J connectivity index is 0.000000568. The molecule has 0 fully saturated rings. The van der Waals surface area contributed by atoms with Crippen molar-refractivity contribution in [3.63, 3.8) is 0 Å². The highest BCUT2D eigenvalue weighted by Crippen LogP contribution is 2.22. The fraction of sp³-hybridized carbons (Fsp3) is 0.419. The van der Waals surface area contributed by atoms with Crippen LogP contribution in [0.2, 0.25) is 0 Å². The summed E-state index contributed by atoms with van der Waals surface area (Å²) < 4.78 is 34.7. The molecule has 0 aliphatic carbocycles. The van der Waals surface area contributed by atoms with E-state index in [4.69, 9.17) is 28.2 Å². The molecule has 3 aromatic rings. The van der Waals surface area contributed by atoms with E-state index in [0.717, 1.165) is 41.1 Å². The molecular formula is C31H44BNO6. The Morgan fingerprint density at radius 2 is 1.10 bits per heavy atom. The van der Waals surface area contributed by atoms with Gasteiger partial charge in [-0.2, -0.15) is 18.2 Å². The molecule has 39 heavy (non-hydrogen) atoms. The lowest BCUT2D eigenvalue weighted by Crippen LogP contribution is -2.46. The van der Waals surface area contributed by atoms with E-state index in [0.29, 0.717) is 11.5 Å². The number of hydrogen-bond acceptors (Lipinski definition) is 6. The summed E-state index contributed by atoms with van der Waals surface area (Å²) in [5.74, 6) is 3.71. The normalized spacial score (nSPS) is 11.5. The first-order valence-corrected chi connectivity index (χ1v) is 13.3. The molecule has 0 amide bonds. The maximum absolute atomic E-state index is 6.37. The molecule has 0 aliphatic heterocycles. The van der Waals surface area contributed by atoms with Gasteiger partial charge in [0.15, 0.2) is 0 Å². The van der Waals surface area contributed by atoms with Crippen LogP contribution >= 0.6 is 0 Å². The largest absolute Gasteiger partial charge is 0.788 e. The molecule has 0 radical (unpaired) electrons. The lowest BCUT2D eigenvalue weighted by atomic mass is 10.1. The number of unbranched alkanes of at least 4 members (excludes halogenated alkanes) is 2. The molecule has 0 saturated heterocycles. The monoisotopic (exact) mass is 537 g/mol. The van der Waals surface area contributed by atoms with Crippen molar-refractivity contribution in [3.8, 4) is 28.7 Å². The molecule has 0 heterocycles. The number of rotatable bonds is 15. The number of benzene rings is 3. The van der Waals surface area contributed by atoms with Crippen LogP contribution in [0.4, 0.5) is 0 Å². The summed E-state index contributed by atoms with van der Waals surface area (Å²) in [4.78, 5) is 0. The van der Waals surface area contributed by atoms with Crippen LogP contribution in [0.1, 0.15) is 32.6 Å². The molecule has 0 N–H and O–H groups in total. The van der Waals surface area contributed by atoms with Gasteiger partial charge in [0.05, 0.1) is 48.6 Å². The number of quaternary nitrogens is 1. The van der Waals surface area contributed by atoms with E-state index in [-0.39, 0.29) is 6.10 Å². The highest BCUT2D eigenvalue weighted by atomic mass is 16.7. The summed E-state index contributed by atoms with van der Waals surface area (Å²) in [7, 11) is 10.6. The van der Waals surface area contributed by atoms with E-state index < -0.39 is 7.32 Å². The van der Waals surface area contributed by atoms with E-state index in [9.17, 15) is 0 Å². The Labute approximate surface area is 235 Å². The predicted octanol–water partition coefficient (Wildman–Crippen LogP) is 6.31. The molecular weight excluding hydrogens is 493 g/mol. The van der Waals surface area contributed by atoms with Crippen molar-refractivity contribution in [2.24, 2.45) is 0 Å². The number of methoxy groups -OCH3 is 3. The molecule has 0 aliphatic rings. The summed E-state index contributed by atoms with van der Waals surface area (Å²) in [5, 5.41) is 0. The Morgan fingerprint density at radius 1 is 0.667 bits per heavy atom. The van der Waals surface area contributed by atoms with Crippen molar-refractivity contribution in [2.75, 3.05) is 49.0 Å². The topological polar surface area (TPSA) is 55.4 Å². The number of ether oxygens (including phenoxy) is 3. The smallest absolute Gasteiger partial charge is 0.522 e. The second-order valence-corrected chi connectivity index (χ2v) is 10.0. The van der Waals surface area contributed by atoms with Gasteiger partial charge in [0.25, 0.3) is 0 Å². The minimum absolute atomic E-state index is 0.00745. The second-order valence-electron chi connectivity index (χ2n) is 10.0. The zero-order valence-electron chi connectivity index (χ0n) is 24.5. The first-order chi connectivity index (χ1) is 18.8. The number of nitrogens with zero attached hydrogens (tertiary/aromatic N) is 1. The van der Waals surface area contributed by atoms with Crippen LogP contribution in [0.15, 0.2) is 72.8 Å². The molecule has 1 atom stereocenters. The van der Waals surface area contributed by atoms with Gasteiger partial charge in [-0.25, -0.2) is 0 Å². The highest BCUT2D eigenvalue weighted by Gasteiger charge is 2.33. The lowest BCUT2D eigenvalue weighted by Gasteiger charge is -2.30. The molecule has 7 nitrogen and oxygen atoms in total. The molecule has 1 unspecified atom stereocenters. The van der Waals surface area contributed by atoms with Crippen LogP contribution in [0.25, 0.3) is 0 Å². The number of likely N-dealkylation sites (N-methyl/N-ethyl adjacent to an activating group) is 1. The van der Waals surface area contributed by atoms with E-state index in [1.165, 1.54) is 12.8 Å². The molecule has 0 aromatic heterocycles. The van der Waals surface area contributed by atoms with Gasteiger partial charge >= 0.3 is 7.32 Å². The van der Waals surface area contributed by atoms with Crippen LogP contribution in [0, 0.1) is 6.07 Å². The Morgan fingerprint density at radius 3 is 1.49 bits per heavy atom. The standard InChI is InChI=1S/C24H37BNO5.C7H7O/c1-7-8-9-10-24(19-26(2,3)4)31-25(29-22-15-11-20(27-5)12-16-22)30-23-17-13-21(28-6)14-18-23;1-8-7-5-3-2-4-6-7/h11-18,24H,7-10,19H2,1-6H3;3-6H,1H3/q+1;-1. The number of hydrogen-bond donors (Lipinski definition) is 0. The summed E-state index contributed by atoms with van der Waals surface area (Å²) in [6.07, 6.45) is 4.43. The van der Waals surface area contributed by atoms with Gasteiger partial charge in [-0.3, -0.25) is 0 Å². The molecule has 0 spiro atoms. The van der Waals surface area contributed by atoms with Crippen molar-refractivity contribution in [3.05, 3.63) is 78.9 Å². The van der Waals surface area contributed by atoms with Crippen LogP contribution in [-0.2, 0) is 4.65 Å². The van der Waals surface area contributed by atoms with Gasteiger partial charge in [0.1, 0.15) is 29.5 Å². The summed E-state index contributed by atoms with van der Waals surface area (Å²) in [5.41, 5.74) is 0. The van der Waals surface area contributed by atoms with Gasteiger partial charge in [-0.15, -0.1) is 12.1 Å². The third-order valence-electron chi connectivity index (χ3n) is 5.69. The first kappa shape index (κ1) is 31.9. The van der Waals surface area contributed by atoms with Crippen LogP contribution in [-0.4, -0.2) is 66.9 Å².